The molecule has 1 saturated heterocycles. The van der Waals surface area contributed by atoms with Crippen molar-refractivity contribution >= 4 is 0 Å². The van der Waals surface area contributed by atoms with Crippen molar-refractivity contribution in [1.29, 1.82) is 0 Å². The summed E-state index contributed by atoms with van der Waals surface area (Å²) in [4.78, 5) is 2.33. The van der Waals surface area contributed by atoms with E-state index in [9.17, 15) is 0 Å². The molecule has 1 aliphatic heterocycles. The topological polar surface area (TPSA) is 32.7 Å². The molecule has 1 fully saturated rings. The molecule has 0 spiro atoms. The van der Waals surface area contributed by atoms with E-state index < -0.39 is 0 Å². The minimum Gasteiger partial charge on any atom is -0.395 e. The summed E-state index contributed by atoms with van der Waals surface area (Å²) in [5, 5.41) is 9.11. The first-order chi connectivity index (χ1) is 6.53. The molecule has 84 valence electrons. The normalized spacial score (nSPS) is 24.4. The monoisotopic (exact) mass is 201 g/mol. The van der Waals surface area contributed by atoms with Crippen LogP contribution in [0.5, 0.6) is 0 Å². The molecule has 3 heteroatoms. The van der Waals surface area contributed by atoms with E-state index in [0.717, 1.165) is 26.1 Å². The molecule has 1 rings (SSSR count). The molecule has 0 aromatic rings. The van der Waals surface area contributed by atoms with Crippen LogP contribution in [0.2, 0.25) is 0 Å². The highest BCUT2D eigenvalue weighted by Crippen LogP contribution is 2.16. The SMILES string of the molecule is CC(C)(C)OCCN1CCC[C@@H]1CO. The number of rotatable bonds is 4. The zero-order valence-corrected chi connectivity index (χ0v) is 9.62. The Balaban J connectivity index is 2.18. The Labute approximate surface area is 87.1 Å². The maximum atomic E-state index is 9.11. The van der Waals surface area contributed by atoms with Gasteiger partial charge in [0, 0.05) is 12.6 Å². The van der Waals surface area contributed by atoms with E-state index in [0.29, 0.717) is 6.04 Å². The van der Waals surface area contributed by atoms with E-state index in [4.69, 9.17) is 9.84 Å². The summed E-state index contributed by atoms with van der Waals surface area (Å²) in [6.07, 6.45) is 2.34. The van der Waals surface area contributed by atoms with Crippen molar-refractivity contribution in [3.8, 4) is 0 Å². The Bertz CT molecular complexity index is 165. The lowest BCUT2D eigenvalue weighted by atomic mass is 10.2. The van der Waals surface area contributed by atoms with Crippen LogP contribution in [0.25, 0.3) is 0 Å². The molecule has 0 radical (unpaired) electrons. The first-order valence-electron chi connectivity index (χ1n) is 5.52. The second-order valence-electron chi connectivity index (χ2n) is 4.98. The molecule has 0 unspecified atom stereocenters. The third-order valence-corrected chi connectivity index (χ3v) is 2.62. The van der Waals surface area contributed by atoms with Gasteiger partial charge in [-0.3, -0.25) is 4.90 Å². The Hall–Kier alpha value is -0.120. The van der Waals surface area contributed by atoms with E-state index in [1.165, 1.54) is 6.42 Å². The fraction of sp³-hybridized carbons (Fsp3) is 1.00. The van der Waals surface area contributed by atoms with Crippen molar-refractivity contribution in [3.63, 3.8) is 0 Å². The van der Waals surface area contributed by atoms with E-state index in [2.05, 4.69) is 25.7 Å². The van der Waals surface area contributed by atoms with Gasteiger partial charge in [0.25, 0.3) is 0 Å². The average Bonchev–Trinajstić information content (AvgIpc) is 2.49. The molecule has 0 bridgehead atoms. The second-order valence-corrected chi connectivity index (χ2v) is 4.98. The van der Waals surface area contributed by atoms with Crippen LogP contribution in [0, 0.1) is 0 Å². The molecule has 1 heterocycles. The highest BCUT2D eigenvalue weighted by atomic mass is 16.5. The molecule has 0 saturated carbocycles. The summed E-state index contributed by atoms with van der Waals surface area (Å²) in [7, 11) is 0. The quantitative estimate of drug-likeness (QED) is 0.743. The molecule has 0 aliphatic carbocycles. The van der Waals surface area contributed by atoms with Crippen LogP contribution in [-0.4, -0.2) is 48.0 Å². The van der Waals surface area contributed by atoms with Gasteiger partial charge >= 0.3 is 0 Å². The summed E-state index contributed by atoms with van der Waals surface area (Å²) in [6.45, 7) is 9.32. The van der Waals surface area contributed by atoms with Crippen LogP contribution in [0.15, 0.2) is 0 Å². The molecule has 0 aromatic carbocycles. The number of hydrogen-bond donors (Lipinski definition) is 1. The summed E-state index contributed by atoms with van der Waals surface area (Å²) in [5.41, 5.74) is -0.0472. The van der Waals surface area contributed by atoms with E-state index >= 15 is 0 Å². The Morgan fingerprint density at radius 3 is 2.71 bits per heavy atom. The highest BCUT2D eigenvalue weighted by Gasteiger charge is 2.23. The van der Waals surface area contributed by atoms with Gasteiger partial charge in [-0.15, -0.1) is 0 Å². The predicted octanol–water partition coefficient (Wildman–Crippen LogP) is 1.26. The van der Waals surface area contributed by atoms with Gasteiger partial charge < -0.3 is 9.84 Å². The number of aliphatic hydroxyl groups excluding tert-OH is 1. The van der Waals surface area contributed by atoms with Gasteiger partial charge in [0.2, 0.25) is 0 Å². The van der Waals surface area contributed by atoms with Gasteiger partial charge in [0.05, 0.1) is 18.8 Å². The zero-order valence-electron chi connectivity index (χ0n) is 9.62. The van der Waals surface area contributed by atoms with Gasteiger partial charge in [-0.2, -0.15) is 0 Å². The first kappa shape index (κ1) is 12.0. The van der Waals surface area contributed by atoms with Gasteiger partial charge in [-0.25, -0.2) is 0 Å². The molecule has 1 atom stereocenters. The van der Waals surface area contributed by atoms with Crippen LogP contribution in [0.1, 0.15) is 33.6 Å². The summed E-state index contributed by atoms with van der Waals surface area (Å²) in [6, 6.07) is 0.374. The fourth-order valence-electron chi connectivity index (χ4n) is 1.87. The number of likely N-dealkylation sites (tertiary alicyclic amines) is 1. The average molecular weight is 201 g/mol. The number of hydrogen-bond acceptors (Lipinski definition) is 3. The molecule has 1 N–H and O–H groups in total. The maximum Gasteiger partial charge on any atom is 0.0600 e. The molecule has 3 nitrogen and oxygen atoms in total. The Morgan fingerprint density at radius 2 is 2.14 bits per heavy atom. The second kappa shape index (κ2) is 5.10. The molecule has 0 amide bonds. The Kier molecular flexibility index (Phi) is 4.35. The summed E-state index contributed by atoms with van der Waals surface area (Å²) < 4.78 is 5.66. The van der Waals surface area contributed by atoms with Gasteiger partial charge in [-0.05, 0) is 40.2 Å². The summed E-state index contributed by atoms with van der Waals surface area (Å²) >= 11 is 0. The van der Waals surface area contributed by atoms with Crippen molar-refractivity contribution in [3.05, 3.63) is 0 Å². The minimum absolute atomic E-state index is 0.0472. The standard InChI is InChI=1S/C11H23NO2/c1-11(2,3)14-8-7-12-6-4-5-10(12)9-13/h10,13H,4-9H2,1-3H3/t10-/m1/s1. The third kappa shape index (κ3) is 3.95. The lowest BCUT2D eigenvalue weighted by Gasteiger charge is -2.25. The van der Waals surface area contributed by atoms with Crippen LogP contribution in [0.4, 0.5) is 0 Å². The number of ether oxygens (including phenoxy) is 1. The van der Waals surface area contributed by atoms with Crippen LogP contribution >= 0.6 is 0 Å². The van der Waals surface area contributed by atoms with Gasteiger partial charge in [0.15, 0.2) is 0 Å². The molecule has 14 heavy (non-hydrogen) atoms. The van der Waals surface area contributed by atoms with Crippen LogP contribution in [-0.2, 0) is 4.74 Å². The van der Waals surface area contributed by atoms with Gasteiger partial charge in [-0.1, -0.05) is 0 Å². The van der Waals surface area contributed by atoms with E-state index in [1.54, 1.807) is 0 Å². The fourth-order valence-corrected chi connectivity index (χ4v) is 1.87. The van der Waals surface area contributed by atoms with Crippen molar-refractivity contribution in [2.45, 2.75) is 45.3 Å². The number of aliphatic hydroxyl groups is 1. The van der Waals surface area contributed by atoms with E-state index in [1.807, 2.05) is 0 Å². The summed E-state index contributed by atoms with van der Waals surface area (Å²) in [5.74, 6) is 0. The third-order valence-electron chi connectivity index (χ3n) is 2.62. The number of nitrogens with zero attached hydrogens (tertiary/aromatic N) is 1. The molecule has 1 aliphatic rings. The van der Waals surface area contributed by atoms with Gasteiger partial charge in [0.1, 0.15) is 0 Å². The molecule has 0 aromatic heterocycles. The lowest BCUT2D eigenvalue weighted by molar-refractivity contribution is -0.0163. The predicted molar refractivity (Wildman–Crippen MR) is 57.4 cm³/mol. The van der Waals surface area contributed by atoms with E-state index in [-0.39, 0.29) is 12.2 Å². The molecular formula is C11H23NO2. The van der Waals surface area contributed by atoms with Crippen molar-refractivity contribution in [2.75, 3.05) is 26.3 Å². The van der Waals surface area contributed by atoms with Crippen molar-refractivity contribution < 1.29 is 9.84 Å². The highest BCUT2D eigenvalue weighted by molar-refractivity contribution is 4.78. The van der Waals surface area contributed by atoms with Crippen LogP contribution < -0.4 is 0 Å². The van der Waals surface area contributed by atoms with Crippen molar-refractivity contribution in [1.82, 2.24) is 4.90 Å². The molecular weight excluding hydrogens is 178 g/mol. The largest absolute Gasteiger partial charge is 0.395 e. The minimum atomic E-state index is -0.0472. The van der Waals surface area contributed by atoms with Crippen molar-refractivity contribution in [2.24, 2.45) is 0 Å². The smallest absolute Gasteiger partial charge is 0.0600 e. The van der Waals surface area contributed by atoms with Crippen LogP contribution in [0.3, 0.4) is 0 Å². The Morgan fingerprint density at radius 1 is 1.43 bits per heavy atom. The lowest BCUT2D eigenvalue weighted by Crippen LogP contribution is -2.36. The maximum absolute atomic E-state index is 9.11. The zero-order chi connectivity index (χ0) is 10.6. The first-order valence-corrected chi connectivity index (χ1v) is 5.52.